The van der Waals surface area contributed by atoms with Gasteiger partial charge in [0.05, 0.1) is 7.11 Å². The van der Waals surface area contributed by atoms with Crippen molar-refractivity contribution >= 4 is 0 Å². The SMILES string of the molecule is CCCC(CNC1CC1)Cc1cccc(OC)c1F. The van der Waals surface area contributed by atoms with Crippen molar-refractivity contribution in [1.29, 1.82) is 0 Å². The molecule has 2 nitrogen and oxygen atoms in total. The van der Waals surface area contributed by atoms with Crippen LogP contribution in [0.1, 0.15) is 38.2 Å². The highest BCUT2D eigenvalue weighted by Crippen LogP contribution is 2.24. The first kappa shape index (κ1) is 14.3. The molecule has 1 fully saturated rings. The Bertz CT molecular complexity index is 404. The molecular formula is C16H24FNO. The highest BCUT2D eigenvalue weighted by atomic mass is 19.1. The molecule has 0 spiro atoms. The Balaban J connectivity index is 1.98. The lowest BCUT2D eigenvalue weighted by Gasteiger charge is -2.18. The summed E-state index contributed by atoms with van der Waals surface area (Å²) in [5.74, 6) is 0.660. The van der Waals surface area contributed by atoms with Crippen molar-refractivity contribution in [1.82, 2.24) is 5.32 Å². The van der Waals surface area contributed by atoms with E-state index in [1.807, 2.05) is 12.1 Å². The Morgan fingerprint density at radius 2 is 2.21 bits per heavy atom. The molecule has 0 amide bonds. The molecule has 0 saturated heterocycles. The van der Waals surface area contributed by atoms with E-state index in [9.17, 15) is 4.39 Å². The van der Waals surface area contributed by atoms with E-state index in [-0.39, 0.29) is 5.82 Å². The van der Waals surface area contributed by atoms with Crippen molar-refractivity contribution in [3.8, 4) is 5.75 Å². The van der Waals surface area contributed by atoms with Crippen LogP contribution in [-0.4, -0.2) is 19.7 Å². The van der Waals surface area contributed by atoms with Gasteiger partial charge < -0.3 is 10.1 Å². The van der Waals surface area contributed by atoms with Gasteiger partial charge in [-0.05, 0) is 49.8 Å². The van der Waals surface area contributed by atoms with E-state index in [4.69, 9.17) is 4.74 Å². The van der Waals surface area contributed by atoms with Crippen molar-refractivity contribution < 1.29 is 9.13 Å². The molecule has 1 saturated carbocycles. The second kappa shape index (κ2) is 6.90. The average molecular weight is 265 g/mol. The van der Waals surface area contributed by atoms with Gasteiger partial charge in [-0.2, -0.15) is 0 Å². The fourth-order valence-electron chi connectivity index (χ4n) is 2.49. The van der Waals surface area contributed by atoms with Crippen molar-refractivity contribution in [3.05, 3.63) is 29.6 Å². The van der Waals surface area contributed by atoms with Gasteiger partial charge in [-0.1, -0.05) is 25.5 Å². The molecule has 0 aromatic heterocycles. The third-order valence-electron chi connectivity index (χ3n) is 3.74. The minimum absolute atomic E-state index is 0.197. The van der Waals surface area contributed by atoms with Gasteiger partial charge in [0.15, 0.2) is 11.6 Å². The molecule has 0 heterocycles. The summed E-state index contributed by atoms with van der Waals surface area (Å²) in [7, 11) is 1.51. The van der Waals surface area contributed by atoms with Gasteiger partial charge in [-0.15, -0.1) is 0 Å². The van der Waals surface area contributed by atoms with Crippen LogP contribution in [0.2, 0.25) is 0 Å². The molecule has 0 radical (unpaired) electrons. The first-order valence-electron chi connectivity index (χ1n) is 7.29. The second-order valence-corrected chi connectivity index (χ2v) is 5.47. The lowest BCUT2D eigenvalue weighted by Crippen LogP contribution is -2.26. The van der Waals surface area contributed by atoms with Gasteiger partial charge >= 0.3 is 0 Å². The summed E-state index contributed by atoms with van der Waals surface area (Å²) in [6, 6.07) is 6.14. The van der Waals surface area contributed by atoms with E-state index in [1.165, 1.54) is 20.0 Å². The number of benzene rings is 1. The monoisotopic (exact) mass is 265 g/mol. The molecule has 1 N–H and O–H groups in total. The molecule has 1 aliphatic rings. The summed E-state index contributed by atoms with van der Waals surface area (Å²) in [5.41, 5.74) is 0.774. The molecule has 0 aliphatic heterocycles. The van der Waals surface area contributed by atoms with Crippen LogP contribution >= 0.6 is 0 Å². The van der Waals surface area contributed by atoms with Gasteiger partial charge in [-0.3, -0.25) is 0 Å². The van der Waals surface area contributed by atoms with Crippen LogP contribution in [0, 0.1) is 11.7 Å². The van der Waals surface area contributed by atoms with Crippen LogP contribution in [0.25, 0.3) is 0 Å². The smallest absolute Gasteiger partial charge is 0.168 e. The molecule has 3 heteroatoms. The van der Waals surface area contributed by atoms with Crippen LogP contribution in [0.3, 0.4) is 0 Å². The zero-order valence-corrected chi connectivity index (χ0v) is 11.9. The van der Waals surface area contributed by atoms with Crippen molar-refractivity contribution in [3.63, 3.8) is 0 Å². The second-order valence-electron chi connectivity index (χ2n) is 5.47. The normalized spacial score (nSPS) is 16.4. The maximum absolute atomic E-state index is 14.1. The fourth-order valence-corrected chi connectivity index (χ4v) is 2.49. The molecular weight excluding hydrogens is 241 g/mol. The summed E-state index contributed by atoms with van der Waals surface area (Å²) in [4.78, 5) is 0. The standard InChI is InChI=1S/C16H24FNO/c1-3-5-12(11-18-14-8-9-14)10-13-6-4-7-15(19-2)16(13)17/h4,6-7,12,14,18H,3,5,8-11H2,1-2H3. The lowest BCUT2D eigenvalue weighted by atomic mass is 9.94. The van der Waals surface area contributed by atoms with Gasteiger partial charge in [-0.25, -0.2) is 4.39 Å². The maximum atomic E-state index is 14.1. The molecule has 1 atom stereocenters. The topological polar surface area (TPSA) is 21.3 Å². The molecule has 0 bridgehead atoms. The number of rotatable bonds is 8. The molecule has 2 rings (SSSR count). The van der Waals surface area contributed by atoms with Crippen LogP contribution in [0.4, 0.5) is 4.39 Å². The van der Waals surface area contributed by atoms with E-state index in [1.54, 1.807) is 6.07 Å². The highest BCUT2D eigenvalue weighted by Gasteiger charge is 2.22. The Kier molecular flexibility index (Phi) is 5.20. The largest absolute Gasteiger partial charge is 0.494 e. The predicted octanol–water partition coefficient (Wildman–Crippen LogP) is 3.55. The Morgan fingerprint density at radius 3 is 2.84 bits per heavy atom. The van der Waals surface area contributed by atoms with Gasteiger partial charge in [0.25, 0.3) is 0 Å². The van der Waals surface area contributed by atoms with Crippen molar-refractivity contribution in [2.24, 2.45) is 5.92 Å². The van der Waals surface area contributed by atoms with E-state index < -0.39 is 0 Å². The zero-order valence-electron chi connectivity index (χ0n) is 11.9. The number of halogens is 1. The quantitative estimate of drug-likeness (QED) is 0.776. The first-order chi connectivity index (χ1) is 9.24. The summed E-state index contributed by atoms with van der Waals surface area (Å²) >= 11 is 0. The minimum atomic E-state index is -0.197. The maximum Gasteiger partial charge on any atom is 0.168 e. The van der Waals surface area contributed by atoms with E-state index in [0.29, 0.717) is 11.7 Å². The molecule has 106 valence electrons. The van der Waals surface area contributed by atoms with Gasteiger partial charge in [0, 0.05) is 6.04 Å². The van der Waals surface area contributed by atoms with E-state index in [0.717, 1.165) is 37.4 Å². The minimum Gasteiger partial charge on any atom is -0.494 e. The van der Waals surface area contributed by atoms with Crippen LogP contribution < -0.4 is 10.1 Å². The number of methoxy groups -OCH3 is 1. The third-order valence-corrected chi connectivity index (χ3v) is 3.74. The fraction of sp³-hybridized carbons (Fsp3) is 0.625. The summed E-state index contributed by atoms with van der Waals surface area (Å²) in [5, 5.41) is 3.56. The summed E-state index contributed by atoms with van der Waals surface area (Å²) in [6.45, 7) is 3.18. The Morgan fingerprint density at radius 1 is 1.42 bits per heavy atom. The van der Waals surface area contributed by atoms with Crippen LogP contribution in [0.5, 0.6) is 5.75 Å². The van der Waals surface area contributed by atoms with Gasteiger partial charge in [0.1, 0.15) is 0 Å². The van der Waals surface area contributed by atoms with Crippen LogP contribution in [-0.2, 0) is 6.42 Å². The number of hydrogen-bond acceptors (Lipinski definition) is 2. The Labute approximate surface area is 115 Å². The van der Waals surface area contributed by atoms with Crippen molar-refractivity contribution in [2.75, 3.05) is 13.7 Å². The van der Waals surface area contributed by atoms with Crippen LogP contribution in [0.15, 0.2) is 18.2 Å². The van der Waals surface area contributed by atoms with Crippen molar-refractivity contribution in [2.45, 2.75) is 45.1 Å². The zero-order chi connectivity index (χ0) is 13.7. The molecule has 1 aromatic rings. The first-order valence-corrected chi connectivity index (χ1v) is 7.29. The predicted molar refractivity (Wildman–Crippen MR) is 76.1 cm³/mol. The Hall–Kier alpha value is -1.09. The van der Waals surface area contributed by atoms with E-state index >= 15 is 0 Å². The molecule has 1 aliphatic carbocycles. The number of nitrogens with one attached hydrogen (secondary N) is 1. The molecule has 1 unspecified atom stereocenters. The van der Waals surface area contributed by atoms with Gasteiger partial charge in [0.2, 0.25) is 0 Å². The number of hydrogen-bond donors (Lipinski definition) is 1. The molecule has 1 aromatic carbocycles. The third kappa shape index (κ3) is 4.20. The number of ether oxygens (including phenoxy) is 1. The molecule has 19 heavy (non-hydrogen) atoms. The summed E-state index contributed by atoms with van der Waals surface area (Å²) in [6.07, 6.45) is 5.66. The lowest BCUT2D eigenvalue weighted by molar-refractivity contribution is 0.378. The van der Waals surface area contributed by atoms with E-state index in [2.05, 4.69) is 12.2 Å². The average Bonchev–Trinajstić information content (AvgIpc) is 3.22. The highest BCUT2D eigenvalue weighted by molar-refractivity contribution is 5.31. The summed E-state index contributed by atoms with van der Waals surface area (Å²) < 4.78 is 19.2.